The van der Waals surface area contributed by atoms with E-state index in [9.17, 15) is 18.0 Å². The number of hydrogen-bond donors (Lipinski definition) is 1. The minimum absolute atomic E-state index is 0.113. The first-order valence-corrected chi connectivity index (χ1v) is 8.16. The number of hydrogen-bond acceptors (Lipinski definition) is 1. The molecule has 3 rings (SSSR count). The fourth-order valence-electron chi connectivity index (χ4n) is 3.26. The molecule has 0 radical (unpaired) electrons. The molecule has 3 nitrogen and oxygen atoms in total. The van der Waals surface area contributed by atoms with Crippen molar-refractivity contribution >= 4 is 11.7 Å². The molecule has 0 aromatic heterocycles. The fraction of sp³-hybridized carbons (Fsp3) is 0.316. The fourth-order valence-corrected chi connectivity index (χ4v) is 3.26. The Morgan fingerprint density at radius 3 is 2.64 bits per heavy atom. The lowest BCUT2D eigenvalue weighted by molar-refractivity contribution is -0.136. The molecule has 0 aliphatic carbocycles. The normalized spacial score (nSPS) is 17.6. The highest BCUT2D eigenvalue weighted by molar-refractivity contribution is 5.90. The average Bonchev–Trinajstić information content (AvgIpc) is 3.04. The number of amides is 2. The number of nitrogens with zero attached hydrogens (tertiary/aromatic N) is 1. The van der Waals surface area contributed by atoms with E-state index in [0.717, 1.165) is 30.0 Å². The van der Waals surface area contributed by atoms with Crippen LogP contribution in [0.15, 0.2) is 48.5 Å². The van der Waals surface area contributed by atoms with Crippen LogP contribution in [0.1, 0.15) is 35.6 Å². The van der Waals surface area contributed by atoms with Crippen molar-refractivity contribution in [2.75, 3.05) is 11.9 Å². The van der Waals surface area contributed by atoms with Crippen LogP contribution < -0.4 is 5.32 Å². The Bertz CT molecular complexity index is 773. The minimum Gasteiger partial charge on any atom is -0.317 e. The average molecular weight is 348 g/mol. The smallest absolute Gasteiger partial charge is 0.317 e. The molecule has 0 unspecified atom stereocenters. The van der Waals surface area contributed by atoms with Gasteiger partial charge in [-0.3, -0.25) is 0 Å². The van der Waals surface area contributed by atoms with E-state index in [0.29, 0.717) is 6.54 Å². The third-order valence-corrected chi connectivity index (χ3v) is 4.41. The van der Waals surface area contributed by atoms with Crippen LogP contribution in [0.4, 0.5) is 23.7 Å². The molecular weight excluding hydrogens is 329 g/mol. The second-order valence-corrected chi connectivity index (χ2v) is 6.24. The number of likely N-dealkylation sites (tertiary alicyclic amines) is 1. The van der Waals surface area contributed by atoms with Gasteiger partial charge in [0.15, 0.2) is 0 Å². The van der Waals surface area contributed by atoms with E-state index in [2.05, 4.69) is 5.32 Å². The lowest BCUT2D eigenvalue weighted by Crippen LogP contribution is -2.35. The monoisotopic (exact) mass is 348 g/mol. The van der Waals surface area contributed by atoms with Gasteiger partial charge in [-0.15, -0.1) is 0 Å². The Hall–Kier alpha value is -2.50. The van der Waals surface area contributed by atoms with Crippen molar-refractivity contribution in [3.05, 3.63) is 65.2 Å². The van der Waals surface area contributed by atoms with Crippen LogP contribution >= 0.6 is 0 Å². The Balaban J connectivity index is 1.82. The molecule has 1 aliphatic heterocycles. The van der Waals surface area contributed by atoms with Crippen LogP contribution in [0, 0.1) is 6.92 Å². The second kappa shape index (κ2) is 6.78. The molecule has 0 saturated carbocycles. The van der Waals surface area contributed by atoms with Gasteiger partial charge in [-0.05, 0) is 37.5 Å². The lowest BCUT2D eigenvalue weighted by Gasteiger charge is -2.26. The first-order valence-electron chi connectivity index (χ1n) is 8.16. The van der Waals surface area contributed by atoms with E-state index in [-0.39, 0.29) is 11.7 Å². The van der Waals surface area contributed by atoms with Crippen molar-refractivity contribution in [2.24, 2.45) is 0 Å². The predicted molar refractivity (Wildman–Crippen MR) is 90.3 cm³/mol. The van der Waals surface area contributed by atoms with Crippen molar-refractivity contribution in [3.63, 3.8) is 0 Å². The predicted octanol–water partition coefficient (Wildman–Crippen LogP) is 5.38. The highest BCUT2D eigenvalue weighted by Crippen LogP contribution is 2.36. The van der Waals surface area contributed by atoms with Gasteiger partial charge >= 0.3 is 12.2 Å². The quantitative estimate of drug-likeness (QED) is 0.776. The number of para-hydroxylation sites is 1. The van der Waals surface area contributed by atoms with Crippen molar-refractivity contribution in [3.8, 4) is 0 Å². The SMILES string of the molecule is Cc1cccc([C@H]2CCCN2C(=O)Nc2ccccc2C(F)(F)F)c1. The lowest BCUT2D eigenvalue weighted by atomic mass is 10.0. The third kappa shape index (κ3) is 3.78. The van der Waals surface area contributed by atoms with E-state index < -0.39 is 17.8 Å². The first kappa shape index (κ1) is 17.3. The molecule has 0 bridgehead atoms. The molecule has 1 heterocycles. The van der Waals surface area contributed by atoms with Crippen molar-refractivity contribution < 1.29 is 18.0 Å². The Labute approximate surface area is 144 Å². The van der Waals surface area contributed by atoms with Crippen LogP contribution in [-0.4, -0.2) is 17.5 Å². The minimum atomic E-state index is -4.51. The number of nitrogens with one attached hydrogen (secondary N) is 1. The summed E-state index contributed by atoms with van der Waals surface area (Å²) in [5, 5.41) is 2.44. The van der Waals surface area contributed by atoms with Crippen molar-refractivity contribution in [2.45, 2.75) is 32.0 Å². The molecule has 0 spiro atoms. The summed E-state index contributed by atoms with van der Waals surface area (Å²) >= 11 is 0. The van der Waals surface area contributed by atoms with Crippen molar-refractivity contribution in [1.82, 2.24) is 4.90 Å². The highest BCUT2D eigenvalue weighted by Gasteiger charge is 2.35. The summed E-state index contributed by atoms with van der Waals surface area (Å²) in [6, 6.07) is 12.3. The Morgan fingerprint density at radius 2 is 1.92 bits per heavy atom. The second-order valence-electron chi connectivity index (χ2n) is 6.24. The molecule has 1 aliphatic rings. The zero-order valence-electron chi connectivity index (χ0n) is 13.8. The maximum atomic E-state index is 13.1. The molecule has 1 atom stereocenters. The van der Waals surface area contributed by atoms with Crippen LogP contribution in [0.3, 0.4) is 0 Å². The number of aryl methyl sites for hydroxylation is 1. The van der Waals surface area contributed by atoms with Gasteiger partial charge in [0.05, 0.1) is 17.3 Å². The standard InChI is InChI=1S/C19H19F3N2O/c1-13-6-4-7-14(12-13)17-10-5-11-24(17)18(25)23-16-9-3-2-8-15(16)19(20,21)22/h2-4,6-9,12,17H,5,10-11H2,1H3,(H,23,25)/t17-/m1/s1. The number of rotatable bonds is 2. The van der Waals surface area contributed by atoms with E-state index in [4.69, 9.17) is 0 Å². The van der Waals surface area contributed by atoms with Crippen LogP contribution in [0.5, 0.6) is 0 Å². The van der Waals surface area contributed by atoms with Gasteiger partial charge in [0.2, 0.25) is 0 Å². The molecule has 2 amide bonds. The summed E-state index contributed by atoms with van der Waals surface area (Å²) in [4.78, 5) is 14.2. The number of halogens is 3. The molecule has 2 aromatic rings. The third-order valence-electron chi connectivity index (χ3n) is 4.41. The summed E-state index contributed by atoms with van der Waals surface area (Å²) in [7, 11) is 0. The van der Waals surface area contributed by atoms with Crippen LogP contribution in [0.2, 0.25) is 0 Å². The summed E-state index contributed by atoms with van der Waals surface area (Å²) in [6.07, 6.45) is -2.88. The molecule has 1 fully saturated rings. The van der Waals surface area contributed by atoms with Gasteiger partial charge in [0.25, 0.3) is 0 Å². The Kier molecular flexibility index (Phi) is 4.70. The largest absolute Gasteiger partial charge is 0.418 e. The Morgan fingerprint density at radius 1 is 1.16 bits per heavy atom. The molecule has 25 heavy (non-hydrogen) atoms. The number of alkyl halides is 3. The van der Waals surface area contributed by atoms with E-state index >= 15 is 0 Å². The van der Waals surface area contributed by atoms with Crippen LogP contribution in [0.25, 0.3) is 0 Å². The molecule has 1 saturated heterocycles. The highest BCUT2D eigenvalue weighted by atomic mass is 19.4. The van der Waals surface area contributed by atoms with Gasteiger partial charge in [-0.25, -0.2) is 4.79 Å². The van der Waals surface area contributed by atoms with Gasteiger partial charge in [0, 0.05) is 6.54 Å². The summed E-state index contributed by atoms with van der Waals surface area (Å²) in [6.45, 7) is 2.50. The summed E-state index contributed by atoms with van der Waals surface area (Å²) < 4.78 is 39.3. The zero-order chi connectivity index (χ0) is 18.0. The number of carbonyl (C=O) groups is 1. The number of benzene rings is 2. The number of anilines is 1. The number of urea groups is 1. The van der Waals surface area contributed by atoms with Gasteiger partial charge in [0.1, 0.15) is 0 Å². The van der Waals surface area contributed by atoms with Gasteiger partial charge in [-0.1, -0.05) is 42.0 Å². The summed E-state index contributed by atoms with van der Waals surface area (Å²) in [5.74, 6) is 0. The van der Waals surface area contributed by atoms with E-state index in [1.165, 1.54) is 18.2 Å². The first-order chi connectivity index (χ1) is 11.9. The van der Waals surface area contributed by atoms with Crippen molar-refractivity contribution in [1.29, 1.82) is 0 Å². The molecule has 2 aromatic carbocycles. The molecule has 132 valence electrons. The summed E-state index contributed by atoms with van der Waals surface area (Å²) in [5.41, 5.74) is 1.05. The molecule has 6 heteroatoms. The maximum absolute atomic E-state index is 13.1. The molecular formula is C19H19F3N2O. The molecule has 1 N–H and O–H groups in total. The van der Waals surface area contributed by atoms with Gasteiger partial charge in [-0.2, -0.15) is 13.2 Å². The van der Waals surface area contributed by atoms with Crippen LogP contribution in [-0.2, 0) is 6.18 Å². The van der Waals surface area contributed by atoms with E-state index in [1.807, 2.05) is 31.2 Å². The van der Waals surface area contributed by atoms with E-state index in [1.54, 1.807) is 4.90 Å². The van der Waals surface area contributed by atoms with Gasteiger partial charge < -0.3 is 10.2 Å². The number of carbonyl (C=O) groups excluding carboxylic acids is 1. The zero-order valence-corrected chi connectivity index (χ0v) is 13.8. The topological polar surface area (TPSA) is 32.3 Å². The maximum Gasteiger partial charge on any atom is 0.418 e.